The molecule has 2 saturated carbocycles. The minimum atomic E-state index is -0.246. The van der Waals surface area contributed by atoms with E-state index in [2.05, 4.69) is 27.8 Å². The Balaban J connectivity index is 1.50. The van der Waals surface area contributed by atoms with Crippen molar-refractivity contribution in [3.8, 4) is 11.1 Å². The van der Waals surface area contributed by atoms with Crippen molar-refractivity contribution in [1.82, 2.24) is 15.6 Å². The van der Waals surface area contributed by atoms with Gasteiger partial charge in [0.2, 0.25) is 0 Å². The zero-order valence-electron chi connectivity index (χ0n) is 16.8. The van der Waals surface area contributed by atoms with Gasteiger partial charge < -0.3 is 10.6 Å². The number of carbonyl (C=O) groups excluding carboxylic acids is 1. The van der Waals surface area contributed by atoms with Gasteiger partial charge in [0.25, 0.3) is 0 Å². The number of amides is 2. The van der Waals surface area contributed by atoms with Gasteiger partial charge in [0.15, 0.2) is 0 Å². The molecule has 2 aliphatic rings. The van der Waals surface area contributed by atoms with E-state index in [0.29, 0.717) is 17.8 Å². The SMILES string of the molecule is CNC(=O)N[C@H]1C[C@H]2CCCC[C@H]2[C@@H]1/C=C/c1ccc(-c2cccc(F)c2)cn1. The molecule has 4 atom stereocenters. The first-order valence-corrected chi connectivity index (χ1v) is 10.5. The predicted molar refractivity (Wildman–Crippen MR) is 114 cm³/mol. The summed E-state index contributed by atoms with van der Waals surface area (Å²) >= 11 is 0. The summed E-state index contributed by atoms with van der Waals surface area (Å²) in [5.74, 6) is 1.42. The monoisotopic (exact) mass is 393 g/mol. The van der Waals surface area contributed by atoms with Crippen molar-refractivity contribution in [3.05, 3.63) is 60.2 Å². The molecule has 29 heavy (non-hydrogen) atoms. The molecule has 0 radical (unpaired) electrons. The number of benzene rings is 1. The number of nitrogens with one attached hydrogen (secondary N) is 2. The summed E-state index contributed by atoms with van der Waals surface area (Å²) in [6.45, 7) is 0. The highest BCUT2D eigenvalue weighted by Gasteiger charge is 2.43. The topological polar surface area (TPSA) is 54.0 Å². The zero-order valence-corrected chi connectivity index (χ0v) is 16.8. The summed E-state index contributed by atoms with van der Waals surface area (Å²) in [7, 11) is 1.66. The smallest absolute Gasteiger partial charge is 0.314 e. The van der Waals surface area contributed by atoms with E-state index in [9.17, 15) is 9.18 Å². The van der Waals surface area contributed by atoms with Crippen LogP contribution in [0.3, 0.4) is 0 Å². The van der Waals surface area contributed by atoms with Gasteiger partial charge in [-0.1, -0.05) is 43.5 Å². The molecule has 1 heterocycles. The van der Waals surface area contributed by atoms with Gasteiger partial charge in [-0.2, -0.15) is 0 Å². The second-order valence-corrected chi connectivity index (χ2v) is 8.19. The van der Waals surface area contributed by atoms with E-state index < -0.39 is 0 Å². The summed E-state index contributed by atoms with van der Waals surface area (Å²) in [6, 6.07) is 10.5. The maximum absolute atomic E-state index is 13.4. The number of fused-ring (bicyclic) bond motifs is 1. The summed E-state index contributed by atoms with van der Waals surface area (Å²) in [4.78, 5) is 16.4. The Bertz CT molecular complexity index is 880. The Labute approximate surface area is 171 Å². The number of halogens is 1. The molecule has 5 heteroatoms. The Morgan fingerprint density at radius 1 is 1.17 bits per heavy atom. The molecule has 4 rings (SSSR count). The van der Waals surface area contributed by atoms with Crippen molar-refractivity contribution < 1.29 is 9.18 Å². The second-order valence-electron chi connectivity index (χ2n) is 8.19. The molecule has 2 amide bonds. The van der Waals surface area contributed by atoms with E-state index >= 15 is 0 Å². The molecular formula is C24H28FN3O. The van der Waals surface area contributed by atoms with E-state index in [4.69, 9.17) is 0 Å². The third-order valence-corrected chi connectivity index (χ3v) is 6.46. The van der Waals surface area contributed by atoms with Crippen LogP contribution >= 0.6 is 0 Å². The Hall–Kier alpha value is -2.69. The van der Waals surface area contributed by atoms with Gasteiger partial charge in [-0.3, -0.25) is 4.98 Å². The van der Waals surface area contributed by atoms with Gasteiger partial charge in [0.1, 0.15) is 5.82 Å². The van der Waals surface area contributed by atoms with Gasteiger partial charge in [0, 0.05) is 30.8 Å². The van der Waals surface area contributed by atoms with Crippen LogP contribution in [0.2, 0.25) is 0 Å². The highest BCUT2D eigenvalue weighted by Crippen LogP contribution is 2.46. The number of nitrogens with zero attached hydrogens (tertiary/aromatic N) is 1. The van der Waals surface area contributed by atoms with E-state index in [1.165, 1.54) is 37.8 Å². The molecule has 0 saturated heterocycles. The average Bonchev–Trinajstić information content (AvgIpc) is 3.09. The number of hydrogen-bond donors (Lipinski definition) is 2. The lowest BCUT2D eigenvalue weighted by molar-refractivity contribution is 0.233. The third kappa shape index (κ3) is 4.50. The Morgan fingerprint density at radius 3 is 2.79 bits per heavy atom. The Kier molecular flexibility index (Phi) is 5.93. The molecule has 152 valence electrons. The minimum absolute atomic E-state index is 0.107. The van der Waals surface area contributed by atoms with E-state index in [1.807, 2.05) is 18.2 Å². The maximum atomic E-state index is 13.4. The second kappa shape index (κ2) is 8.76. The molecule has 1 aromatic heterocycles. The Morgan fingerprint density at radius 2 is 2.03 bits per heavy atom. The summed E-state index contributed by atoms with van der Waals surface area (Å²) in [6.07, 6.45) is 12.2. The van der Waals surface area contributed by atoms with E-state index in [0.717, 1.165) is 23.2 Å². The maximum Gasteiger partial charge on any atom is 0.314 e. The lowest BCUT2D eigenvalue weighted by Gasteiger charge is -2.28. The molecule has 2 aromatic rings. The minimum Gasteiger partial charge on any atom is -0.341 e. The van der Waals surface area contributed by atoms with E-state index in [-0.39, 0.29) is 17.9 Å². The molecule has 0 spiro atoms. The lowest BCUT2D eigenvalue weighted by atomic mass is 9.78. The number of hydrogen-bond acceptors (Lipinski definition) is 2. The van der Waals surface area contributed by atoms with Crippen LogP contribution in [0.5, 0.6) is 0 Å². The van der Waals surface area contributed by atoms with E-state index in [1.54, 1.807) is 19.3 Å². The summed E-state index contributed by atoms with van der Waals surface area (Å²) in [5.41, 5.74) is 2.60. The van der Waals surface area contributed by atoms with Crippen molar-refractivity contribution in [3.63, 3.8) is 0 Å². The molecule has 0 bridgehead atoms. The molecule has 0 aliphatic heterocycles. The number of rotatable bonds is 4. The largest absolute Gasteiger partial charge is 0.341 e. The highest BCUT2D eigenvalue weighted by molar-refractivity contribution is 5.74. The van der Waals surface area contributed by atoms with Crippen LogP contribution in [0.15, 0.2) is 48.7 Å². The van der Waals surface area contributed by atoms with Gasteiger partial charge in [0.05, 0.1) is 5.69 Å². The molecule has 1 aromatic carbocycles. The predicted octanol–water partition coefficient (Wildman–Crippen LogP) is 5.02. The van der Waals surface area contributed by atoms with Crippen LogP contribution in [0.1, 0.15) is 37.8 Å². The molecule has 2 fully saturated rings. The van der Waals surface area contributed by atoms with Crippen molar-refractivity contribution in [2.24, 2.45) is 17.8 Å². The highest BCUT2D eigenvalue weighted by atomic mass is 19.1. The van der Waals surface area contributed by atoms with Crippen LogP contribution in [-0.2, 0) is 0 Å². The summed E-state index contributed by atoms with van der Waals surface area (Å²) < 4.78 is 13.4. The quantitative estimate of drug-likeness (QED) is 0.766. The van der Waals surface area contributed by atoms with Gasteiger partial charge in [-0.15, -0.1) is 0 Å². The van der Waals surface area contributed by atoms with Gasteiger partial charge in [-0.25, -0.2) is 9.18 Å². The molecule has 4 nitrogen and oxygen atoms in total. The summed E-state index contributed by atoms with van der Waals surface area (Å²) in [5, 5.41) is 5.83. The van der Waals surface area contributed by atoms with Crippen molar-refractivity contribution >= 4 is 12.1 Å². The van der Waals surface area contributed by atoms with Crippen molar-refractivity contribution in [2.75, 3.05) is 7.05 Å². The number of urea groups is 1. The average molecular weight is 394 g/mol. The third-order valence-electron chi connectivity index (χ3n) is 6.46. The lowest BCUT2D eigenvalue weighted by Crippen LogP contribution is -2.42. The van der Waals surface area contributed by atoms with Crippen molar-refractivity contribution in [2.45, 2.75) is 38.1 Å². The number of pyridine rings is 1. The molecule has 0 unspecified atom stereocenters. The number of carbonyl (C=O) groups is 1. The van der Waals surface area contributed by atoms with Gasteiger partial charge >= 0.3 is 6.03 Å². The first-order chi connectivity index (χ1) is 14.1. The number of aromatic nitrogens is 1. The van der Waals surface area contributed by atoms with Crippen molar-refractivity contribution in [1.29, 1.82) is 0 Å². The first-order valence-electron chi connectivity index (χ1n) is 10.5. The molecular weight excluding hydrogens is 365 g/mol. The first kappa shape index (κ1) is 19.6. The molecule has 2 N–H and O–H groups in total. The van der Waals surface area contributed by atoms with Crippen LogP contribution in [0, 0.1) is 23.6 Å². The molecule has 2 aliphatic carbocycles. The van der Waals surface area contributed by atoms with Crippen LogP contribution in [0.25, 0.3) is 17.2 Å². The van der Waals surface area contributed by atoms with Crippen LogP contribution < -0.4 is 10.6 Å². The van der Waals surface area contributed by atoms with Crippen LogP contribution in [-0.4, -0.2) is 24.1 Å². The van der Waals surface area contributed by atoms with Gasteiger partial charge in [-0.05, 0) is 54.5 Å². The fourth-order valence-corrected chi connectivity index (χ4v) is 5.04. The van der Waals surface area contributed by atoms with Crippen LogP contribution in [0.4, 0.5) is 9.18 Å². The fraction of sp³-hybridized carbons (Fsp3) is 0.417. The normalized spacial score (nSPS) is 26.3. The fourth-order valence-electron chi connectivity index (χ4n) is 5.04. The zero-order chi connectivity index (χ0) is 20.2. The standard InChI is InChI=1S/C24H28FN3O/c1-26-24(29)28-23-14-17-5-2-3-8-21(17)22(23)12-11-20-10-9-18(15-27-20)16-6-4-7-19(25)13-16/h4,6-7,9-13,15,17,21-23H,2-3,5,8,14H2,1H3,(H2,26,28,29)/b12-11+/t17-,21-,22+,23+/m1/s1.